The molecule has 116 valence electrons. The van der Waals surface area contributed by atoms with E-state index in [2.05, 4.69) is 20.0 Å². The summed E-state index contributed by atoms with van der Waals surface area (Å²) >= 11 is 6.06. The van der Waals surface area contributed by atoms with Gasteiger partial charge in [-0.15, -0.1) is 0 Å². The Bertz CT molecular complexity index is 689. The summed E-state index contributed by atoms with van der Waals surface area (Å²) in [6, 6.07) is 1.52. The van der Waals surface area contributed by atoms with E-state index < -0.39 is 0 Å². The van der Waals surface area contributed by atoms with Crippen LogP contribution < -0.4 is 0 Å². The molecule has 3 heterocycles. The predicted molar refractivity (Wildman–Crippen MR) is 79.6 cm³/mol. The summed E-state index contributed by atoms with van der Waals surface area (Å²) < 4.78 is 5.25. The topological polar surface area (TPSA) is 75.4 Å². The number of rotatable bonds is 2. The van der Waals surface area contributed by atoms with Crippen molar-refractivity contribution in [3.8, 4) is 0 Å². The highest BCUT2D eigenvalue weighted by Crippen LogP contribution is 2.25. The van der Waals surface area contributed by atoms with Crippen LogP contribution in [-0.2, 0) is 0 Å². The molecule has 0 saturated carbocycles. The van der Waals surface area contributed by atoms with Crippen molar-refractivity contribution < 1.29 is 9.32 Å². The number of hydrogen-bond donors (Lipinski definition) is 0. The number of carbonyl (C=O) groups excluding carboxylic acids is 1. The molecule has 0 aliphatic carbocycles. The van der Waals surface area contributed by atoms with Crippen molar-refractivity contribution in [2.75, 3.05) is 26.7 Å². The van der Waals surface area contributed by atoms with E-state index in [-0.39, 0.29) is 11.9 Å². The fourth-order valence-electron chi connectivity index (χ4n) is 2.49. The second kappa shape index (κ2) is 6.02. The maximum Gasteiger partial charge on any atom is 0.255 e. The van der Waals surface area contributed by atoms with Gasteiger partial charge in [-0.05, 0) is 20.0 Å². The highest BCUT2D eigenvalue weighted by molar-refractivity contribution is 6.33. The van der Waals surface area contributed by atoms with E-state index in [4.69, 9.17) is 16.1 Å². The summed E-state index contributed by atoms with van der Waals surface area (Å²) in [6.07, 6.45) is 3.04. The standard InChI is InChI=1S/C14H16ClN5O2/c1-9-17-13(22-18-9)12-8-20(6-5-19(12)2)14(21)10-3-4-16-7-11(10)15/h3-4,7,12H,5-6,8H2,1-2H3/t12-/m1/s1. The van der Waals surface area contributed by atoms with Crippen LogP contribution in [0.15, 0.2) is 23.0 Å². The van der Waals surface area contributed by atoms with Gasteiger partial charge < -0.3 is 9.42 Å². The molecule has 1 atom stereocenters. The van der Waals surface area contributed by atoms with Crippen LogP contribution in [0.25, 0.3) is 0 Å². The summed E-state index contributed by atoms with van der Waals surface area (Å²) in [5.74, 6) is 1.00. The van der Waals surface area contributed by atoms with E-state index in [1.807, 2.05) is 7.05 Å². The van der Waals surface area contributed by atoms with Crippen LogP contribution in [0.4, 0.5) is 0 Å². The van der Waals surface area contributed by atoms with E-state index in [0.29, 0.717) is 35.4 Å². The third kappa shape index (κ3) is 2.82. The molecule has 8 heteroatoms. The van der Waals surface area contributed by atoms with Crippen molar-refractivity contribution in [1.82, 2.24) is 24.9 Å². The lowest BCUT2D eigenvalue weighted by Crippen LogP contribution is -2.49. The number of pyridine rings is 1. The molecule has 2 aromatic rings. The quantitative estimate of drug-likeness (QED) is 0.835. The maximum atomic E-state index is 12.6. The molecule has 22 heavy (non-hydrogen) atoms. The van der Waals surface area contributed by atoms with Gasteiger partial charge in [-0.1, -0.05) is 16.8 Å². The zero-order chi connectivity index (χ0) is 15.7. The van der Waals surface area contributed by atoms with Gasteiger partial charge in [0.2, 0.25) is 5.89 Å². The van der Waals surface area contributed by atoms with Crippen molar-refractivity contribution in [3.05, 3.63) is 40.8 Å². The molecule has 0 radical (unpaired) electrons. The molecule has 1 aliphatic rings. The Morgan fingerprint density at radius 1 is 1.45 bits per heavy atom. The van der Waals surface area contributed by atoms with Gasteiger partial charge >= 0.3 is 0 Å². The first-order chi connectivity index (χ1) is 10.6. The Morgan fingerprint density at radius 3 is 2.95 bits per heavy atom. The van der Waals surface area contributed by atoms with E-state index >= 15 is 0 Å². The minimum atomic E-state index is -0.112. The fraction of sp³-hybridized carbons (Fsp3) is 0.429. The number of likely N-dealkylation sites (N-methyl/N-ethyl adjacent to an activating group) is 1. The predicted octanol–water partition coefficient (Wildman–Crippen LogP) is 1.56. The van der Waals surface area contributed by atoms with E-state index in [0.717, 1.165) is 6.54 Å². The molecule has 3 rings (SSSR count). The first-order valence-corrected chi connectivity index (χ1v) is 7.33. The molecule has 1 aliphatic heterocycles. The molecule has 0 N–H and O–H groups in total. The molecular formula is C14H16ClN5O2. The number of aromatic nitrogens is 3. The third-order valence-electron chi connectivity index (χ3n) is 3.77. The number of amides is 1. The average Bonchev–Trinajstić information content (AvgIpc) is 2.94. The van der Waals surface area contributed by atoms with Gasteiger partial charge in [-0.2, -0.15) is 4.98 Å². The molecule has 1 fully saturated rings. The molecular weight excluding hydrogens is 306 g/mol. The number of hydrogen-bond acceptors (Lipinski definition) is 6. The SMILES string of the molecule is Cc1noc([C@H]2CN(C(=O)c3ccncc3Cl)CCN2C)n1. The van der Waals surface area contributed by atoms with Gasteiger partial charge in [0.15, 0.2) is 5.82 Å². The maximum absolute atomic E-state index is 12.6. The van der Waals surface area contributed by atoms with Gasteiger partial charge in [-0.25, -0.2) is 0 Å². The van der Waals surface area contributed by atoms with Gasteiger partial charge in [0, 0.05) is 32.0 Å². The lowest BCUT2D eigenvalue weighted by Gasteiger charge is -2.37. The lowest BCUT2D eigenvalue weighted by molar-refractivity contribution is 0.0489. The molecule has 0 spiro atoms. The Hall–Kier alpha value is -1.99. The second-order valence-corrected chi connectivity index (χ2v) is 5.69. The van der Waals surface area contributed by atoms with Crippen LogP contribution in [0, 0.1) is 6.92 Å². The van der Waals surface area contributed by atoms with E-state index in [1.54, 1.807) is 24.1 Å². The zero-order valence-electron chi connectivity index (χ0n) is 12.4. The summed E-state index contributed by atoms with van der Waals surface area (Å²) in [4.78, 5) is 24.7. The molecule has 0 bridgehead atoms. The number of nitrogens with zero attached hydrogens (tertiary/aromatic N) is 5. The fourth-order valence-corrected chi connectivity index (χ4v) is 2.69. The van der Waals surface area contributed by atoms with Gasteiger partial charge in [0.25, 0.3) is 5.91 Å². The van der Waals surface area contributed by atoms with Crippen molar-refractivity contribution in [1.29, 1.82) is 0 Å². The molecule has 1 saturated heterocycles. The highest BCUT2D eigenvalue weighted by Gasteiger charge is 2.32. The second-order valence-electron chi connectivity index (χ2n) is 5.28. The minimum Gasteiger partial charge on any atom is -0.338 e. The monoisotopic (exact) mass is 321 g/mol. The summed E-state index contributed by atoms with van der Waals surface area (Å²) in [6.45, 7) is 3.60. The van der Waals surface area contributed by atoms with Crippen LogP contribution in [0.1, 0.15) is 28.1 Å². The van der Waals surface area contributed by atoms with Crippen LogP contribution in [0.2, 0.25) is 5.02 Å². The largest absolute Gasteiger partial charge is 0.338 e. The average molecular weight is 322 g/mol. The molecule has 1 amide bonds. The first kappa shape index (κ1) is 14.9. The lowest BCUT2D eigenvalue weighted by atomic mass is 10.1. The Labute approximate surface area is 132 Å². The Balaban J connectivity index is 1.81. The Kier molecular flexibility index (Phi) is 4.08. The van der Waals surface area contributed by atoms with Crippen LogP contribution in [0.3, 0.4) is 0 Å². The van der Waals surface area contributed by atoms with Crippen molar-refractivity contribution in [2.45, 2.75) is 13.0 Å². The Morgan fingerprint density at radius 2 is 2.27 bits per heavy atom. The number of halogens is 1. The molecule has 7 nitrogen and oxygen atoms in total. The van der Waals surface area contributed by atoms with Crippen molar-refractivity contribution >= 4 is 17.5 Å². The normalized spacial score (nSPS) is 19.4. The number of piperazine rings is 1. The molecule has 2 aromatic heterocycles. The van der Waals surface area contributed by atoms with Crippen LogP contribution >= 0.6 is 11.6 Å². The molecule has 0 aromatic carbocycles. The van der Waals surface area contributed by atoms with Crippen molar-refractivity contribution in [2.24, 2.45) is 0 Å². The number of aryl methyl sites for hydroxylation is 1. The first-order valence-electron chi connectivity index (χ1n) is 6.95. The van der Waals surface area contributed by atoms with E-state index in [9.17, 15) is 4.79 Å². The van der Waals surface area contributed by atoms with Gasteiger partial charge in [-0.3, -0.25) is 14.7 Å². The minimum absolute atomic E-state index is 0.110. The summed E-state index contributed by atoms with van der Waals surface area (Å²) in [5, 5.41) is 4.18. The van der Waals surface area contributed by atoms with Crippen molar-refractivity contribution in [3.63, 3.8) is 0 Å². The number of carbonyl (C=O) groups is 1. The molecule has 0 unspecified atom stereocenters. The van der Waals surface area contributed by atoms with Crippen LogP contribution in [-0.4, -0.2) is 57.5 Å². The summed E-state index contributed by atoms with van der Waals surface area (Å²) in [7, 11) is 1.98. The summed E-state index contributed by atoms with van der Waals surface area (Å²) in [5.41, 5.74) is 0.460. The third-order valence-corrected chi connectivity index (χ3v) is 4.07. The zero-order valence-corrected chi connectivity index (χ0v) is 13.1. The van der Waals surface area contributed by atoms with Gasteiger partial charge in [0.05, 0.1) is 10.6 Å². The van der Waals surface area contributed by atoms with Crippen LogP contribution in [0.5, 0.6) is 0 Å². The smallest absolute Gasteiger partial charge is 0.255 e. The van der Waals surface area contributed by atoms with Gasteiger partial charge in [0.1, 0.15) is 6.04 Å². The highest BCUT2D eigenvalue weighted by atomic mass is 35.5. The van der Waals surface area contributed by atoms with E-state index in [1.165, 1.54) is 6.20 Å².